The number of methoxy groups -OCH3 is 1. The second-order valence-electron chi connectivity index (χ2n) is 11.2. The highest BCUT2D eigenvalue weighted by molar-refractivity contribution is 6.07. The molecule has 2 heterocycles. The third kappa shape index (κ3) is 5.14. The summed E-state index contributed by atoms with van der Waals surface area (Å²) in [6, 6.07) is 5.48. The molecule has 0 fully saturated rings. The van der Waals surface area contributed by atoms with E-state index in [4.69, 9.17) is 9.15 Å². The number of rotatable bonds is 9. The van der Waals surface area contributed by atoms with Gasteiger partial charge < -0.3 is 24.7 Å². The smallest absolute Gasteiger partial charge is 0.407 e. The van der Waals surface area contributed by atoms with Gasteiger partial charge in [0.1, 0.15) is 11.6 Å². The van der Waals surface area contributed by atoms with E-state index in [9.17, 15) is 19.2 Å². The van der Waals surface area contributed by atoms with Gasteiger partial charge in [0.25, 0.3) is 5.89 Å². The number of carbonyl (C=O) groups is 4. The van der Waals surface area contributed by atoms with E-state index in [1.165, 1.54) is 12.0 Å². The highest BCUT2D eigenvalue weighted by atomic mass is 16.5. The summed E-state index contributed by atoms with van der Waals surface area (Å²) in [5, 5.41) is 13.5. The van der Waals surface area contributed by atoms with Gasteiger partial charge in [0, 0.05) is 11.1 Å². The number of Topliss-reactive ketones (excluding diaryl/α,β-unsaturated/α-hetero) is 1. The predicted octanol–water partition coefficient (Wildman–Crippen LogP) is 3.03. The Hall–Kier alpha value is -3.76. The molecule has 1 aromatic heterocycles. The fourth-order valence-corrected chi connectivity index (χ4v) is 4.89. The maximum atomic E-state index is 14.2. The molecule has 0 spiro atoms. The van der Waals surface area contributed by atoms with Crippen molar-refractivity contribution in [3.05, 3.63) is 41.6 Å². The molecule has 1 aromatic carbocycles. The summed E-state index contributed by atoms with van der Waals surface area (Å²) in [4.78, 5) is 54.1. The van der Waals surface area contributed by atoms with Gasteiger partial charge in [-0.2, -0.15) is 0 Å². The number of hydrogen-bond acceptors (Lipinski definition) is 8. The minimum Gasteiger partial charge on any atom is -0.453 e. The van der Waals surface area contributed by atoms with Crippen molar-refractivity contribution in [3.8, 4) is 0 Å². The second-order valence-corrected chi connectivity index (χ2v) is 11.2. The highest BCUT2D eigenvalue weighted by Crippen LogP contribution is 2.41. The van der Waals surface area contributed by atoms with E-state index in [-0.39, 0.29) is 24.1 Å². The van der Waals surface area contributed by atoms with E-state index in [0.717, 1.165) is 5.56 Å². The van der Waals surface area contributed by atoms with Crippen molar-refractivity contribution in [1.29, 1.82) is 0 Å². The lowest BCUT2D eigenvalue weighted by molar-refractivity contribution is -0.122. The van der Waals surface area contributed by atoms with Gasteiger partial charge in [-0.3, -0.25) is 14.4 Å². The molecule has 3 rings (SSSR count). The molecule has 1 aliphatic rings. The molecule has 1 aliphatic heterocycles. The van der Waals surface area contributed by atoms with Crippen LogP contribution in [-0.4, -0.2) is 59.1 Å². The molecule has 206 valence electrons. The topological polar surface area (TPSA) is 144 Å². The van der Waals surface area contributed by atoms with Crippen molar-refractivity contribution in [2.75, 3.05) is 12.0 Å². The Balaban J connectivity index is 2.20. The van der Waals surface area contributed by atoms with E-state index < -0.39 is 46.7 Å². The van der Waals surface area contributed by atoms with E-state index in [1.54, 1.807) is 39.8 Å². The van der Waals surface area contributed by atoms with Crippen LogP contribution in [0.25, 0.3) is 0 Å². The first kappa shape index (κ1) is 28.8. The van der Waals surface area contributed by atoms with Gasteiger partial charge in [-0.15, -0.1) is 10.2 Å². The van der Waals surface area contributed by atoms with E-state index >= 15 is 0 Å². The molecule has 38 heavy (non-hydrogen) atoms. The first-order valence-corrected chi connectivity index (χ1v) is 12.6. The number of aromatic nitrogens is 2. The summed E-state index contributed by atoms with van der Waals surface area (Å²) in [6.07, 6.45) is -0.0217. The Morgan fingerprint density at radius 2 is 1.79 bits per heavy atom. The van der Waals surface area contributed by atoms with Crippen LogP contribution in [0.5, 0.6) is 0 Å². The molecule has 2 aromatic rings. The molecule has 0 radical (unpaired) electrons. The van der Waals surface area contributed by atoms with Gasteiger partial charge in [0.15, 0.2) is 0 Å². The highest BCUT2D eigenvalue weighted by Gasteiger charge is 2.57. The molecule has 0 bridgehead atoms. The molecule has 0 aliphatic carbocycles. The normalized spacial score (nSPS) is 17.5. The Morgan fingerprint density at radius 1 is 1.13 bits per heavy atom. The zero-order valence-electron chi connectivity index (χ0n) is 23.2. The monoisotopic (exact) mass is 527 g/mol. The third-order valence-corrected chi connectivity index (χ3v) is 6.98. The Bertz CT molecular complexity index is 1200. The lowest BCUT2D eigenvalue weighted by atomic mass is 9.74. The number of fused-ring (bicyclic) bond motifs is 1. The summed E-state index contributed by atoms with van der Waals surface area (Å²) in [7, 11) is 1.22. The summed E-state index contributed by atoms with van der Waals surface area (Å²) in [5.41, 5.74) is -0.714. The van der Waals surface area contributed by atoms with Crippen molar-refractivity contribution in [1.82, 2.24) is 20.8 Å². The zero-order chi connectivity index (χ0) is 28.4. The van der Waals surface area contributed by atoms with Crippen LogP contribution in [0.15, 0.2) is 28.7 Å². The van der Waals surface area contributed by atoms with Crippen LogP contribution < -0.4 is 15.5 Å². The predicted molar refractivity (Wildman–Crippen MR) is 140 cm³/mol. The molecule has 0 saturated heterocycles. The van der Waals surface area contributed by atoms with E-state index in [2.05, 4.69) is 20.8 Å². The molecule has 2 N–H and O–H groups in total. The first-order chi connectivity index (χ1) is 17.8. The van der Waals surface area contributed by atoms with Gasteiger partial charge >= 0.3 is 6.09 Å². The zero-order valence-corrected chi connectivity index (χ0v) is 23.2. The van der Waals surface area contributed by atoms with Crippen LogP contribution in [0.1, 0.15) is 70.6 Å². The SMILES string of the molecule is COC(=O)N[C@H](C(=O)N1c2ccccc2C[C@H]1[C@](NC=O)(C(=O)c1nnc(C(C)(C)C)o1)C(C)C)C(C)C. The second kappa shape index (κ2) is 10.9. The van der Waals surface area contributed by atoms with Gasteiger partial charge in [-0.25, -0.2) is 4.79 Å². The van der Waals surface area contributed by atoms with Crippen molar-refractivity contribution in [3.63, 3.8) is 0 Å². The minimum atomic E-state index is -1.62. The van der Waals surface area contributed by atoms with Crippen LogP contribution in [-0.2, 0) is 26.2 Å². The standard InChI is InChI=1S/C27H37N5O6/c1-15(2)20(29-25(36)37-8)23(35)32-18-12-10-9-11-17(18)13-19(32)27(16(3)4,28-14-33)21(34)22-30-31-24(38-22)26(5,6)7/h9-12,14-16,19-20H,13H2,1-8H3,(H,28,33)(H,29,36)/t19-,20-,27-/m0/s1. The van der Waals surface area contributed by atoms with Crippen LogP contribution >= 0.6 is 0 Å². The van der Waals surface area contributed by atoms with Crippen molar-refractivity contribution >= 4 is 29.9 Å². The Labute approximate surface area is 222 Å². The average Bonchev–Trinajstić information content (AvgIpc) is 3.50. The van der Waals surface area contributed by atoms with Crippen molar-refractivity contribution in [2.45, 2.75) is 77.9 Å². The fourth-order valence-electron chi connectivity index (χ4n) is 4.89. The van der Waals surface area contributed by atoms with Crippen LogP contribution in [0.3, 0.4) is 0 Å². The fraction of sp³-hybridized carbons (Fsp3) is 0.556. The number of anilines is 1. The quantitative estimate of drug-likeness (QED) is 0.374. The van der Waals surface area contributed by atoms with E-state index in [1.807, 2.05) is 32.9 Å². The van der Waals surface area contributed by atoms with Crippen LogP contribution in [0.2, 0.25) is 0 Å². The average molecular weight is 528 g/mol. The summed E-state index contributed by atoms with van der Waals surface area (Å²) in [6.45, 7) is 12.8. The molecule has 11 heteroatoms. The number of ketones is 1. The minimum absolute atomic E-state index is 0.255. The van der Waals surface area contributed by atoms with Gasteiger partial charge in [0.05, 0.1) is 13.2 Å². The maximum absolute atomic E-state index is 14.2. The summed E-state index contributed by atoms with van der Waals surface area (Å²) < 4.78 is 10.5. The number of para-hydroxylation sites is 1. The lowest BCUT2D eigenvalue weighted by Gasteiger charge is -2.44. The Morgan fingerprint density at radius 3 is 2.32 bits per heavy atom. The van der Waals surface area contributed by atoms with Crippen molar-refractivity contribution in [2.24, 2.45) is 11.8 Å². The van der Waals surface area contributed by atoms with Crippen LogP contribution in [0.4, 0.5) is 10.5 Å². The van der Waals surface area contributed by atoms with Crippen molar-refractivity contribution < 1.29 is 28.3 Å². The number of amides is 3. The van der Waals surface area contributed by atoms with E-state index in [0.29, 0.717) is 12.1 Å². The number of benzene rings is 1. The lowest BCUT2D eigenvalue weighted by Crippen LogP contribution is -2.69. The molecule has 3 amide bonds. The van der Waals surface area contributed by atoms with Gasteiger partial charge in [-0.05, 0) is 29.9 Å². The number of nitrogens with one attached hydrogen (secondary N) is 2. The number of alkyl carbamates (subject to hydrolysis) is 1. The Kier molecular flexibility index (Phi) is 8.28. The number of hydrogen-bond donors (Lipinski definition) is 2. The maximum Gasteiger partial charge on any atom is 0.407 e. The van der Waals surface area contributed by atoms with Gasteiger partial charge in [-0.1, -0.05) is 66.7 Å². The number of nitrogens with zero attached hydrogens (tertiary/aromatic N) is 3. The molecule has 0 unspecified atom stereocenters. The molecule has 11 nitrogen and oxygen atoms in total. The summed E-state index contributed by atoms with van der Waals surface area (Å²) in [5.74, 6) is -1.81. The molecule has 3 atom stereocenters. The summed E-state index contributed by atoms with van der Waals surface area (Å²) >= 11 is 0. The number of ether oxygens (including phenoxy) is 1. The molecular weight excluding hydrogens is 490 g/mol. The largest absolute Gasteiger partial charge is 0.453 e. The molecule has 0 saturated carbocycles. The third-order valence-electron chi connectivity index (χ3n) is 6.98. The van der Waals surface area contributed by atoms with Gasteiger partial charge in [0.2, 0.25) is 24.0 Å². The number of carbonyl (C=O) groups excluding carboxylic acids is 4. The molecular formula is C27H37N5O6. The first-order valence-electron chi connectivity index (χ1n) is 12.6. The van der Waals surface area contributed by atoms with Crippen LogP contribution in [0, 0.1) is 11.8 Å².